The summed E-state index contributed by atoms with van der Waals surface area (Å²) in [5, 5.41) is 2.82. The van der Waals surface area contributed by atoms with Crippen LogP contribution < -0.4 is 4.90 Å². The number of hydrogen-bond acceptors (Lipinski definition) is 5. The summed E-state index contributed by atoms with van der Waals surface area (Å²) in [5.41, 5.74) is 1.16. The maximum absolute atomic E-state index is 14.1. The molecule has 30 heavy (non-hydrogen) atoms. The van der Waals surface area contributed by atoms with Gasteiger partial charge in [0.2, 0.25) is 5.91 Å². The van der Waals surface area contributed by atoms with Crippen molar-refractivity contribution in [1.82, 2.24) is 4.98 Å². The molecular formula is C21H15Cl2FN2O3S. The molecule has 3 aromatic rings. The van der Waals surface area contributed by atoms with Gasteiger partial charge < -0.3 is 4.74 Å². The Morgan fingerprint density at radius 1 is 1.23 bits per heavy atom. The highest BCUT2D eigenvalue weighted by molar-refractivity contribution is 7.14. The van der Waals surface area contributed by atoms with Gasteiger partial charge in [-0.15, -0.1) is 11.3 Å². The van der Waals surface area contributed by atoms with Gasteiger partial charge in [-0.2, -0.15) is 0 Å². The number of thiazole rings is 1. The van der Waals surface area contributed by atoms with E-state index in [-0.39, 0.29) is 23.3 Å². The van der Waals surface area contributed by atoms with E-state index in [4.69, 9.17) is 27.9 Å². The van der Waals surface area contributed by atoms with Crippen LogP contribution in [0.3, 0.4) is 0 Å². The summed E-state index contributed by atoms with van der Waals surface area (Å²) in [4.78, 5) is 29.5. The van der Waals surface area contributed by atoms with Crippen molar-refractivity contribution in [2.45, 2.75) is 13.5 Å². The van der Waals surface area contributed by atoms with E-state index < -0.39 is 11.8 Å². The van der Waals surface area contributed by atoms with Crippen molar-refractivity contribution in [2.75, 3.05) is 4.90 Å². The monoisotopic (exact) mass is 464 g/mol. The molecule has 1 aromatic heterocycles. The maximum Gasteiger partial charge on any atom is 0.331 e. The number of amides is 1. The molecule has 0 saturated heterocycles. The van der Waals surface area contributed by atoms with Gasteiger partial charge in [-0.3, -0.25) is 9.69 Å². The zero-order valence-electron chi connectivity index (χ0n) is 15.6. The first-order valence-electron chi connectivity index (χ1n) is 8.64. The Morgan fingerprint density at radius 2 is 2.00 bits per heavy atom. The average molecular weight is 465 g/mol. The molecule has 0 fully saturated rings. The van der Waals surface area contributed by atoms with Crippen LogP contribution in [0.25, 0.3) is 6.08 Å². The lowest BCUT2D eigenvalue weighted by Crippen LogP contribution is -2.23. The van der Waals surface area contributed by atoms with E-state index in [2.05, 4.69) is 4.98 Å². The lowest BCUT2D eigenvalue weighted by atomic mass is 10.2. The van der Waals surface area contributed by atoms with E-state index in [0.29, 0.717) is 21.3 Å². The van der Waals surface area contributed by atoms with Crippen LogP contribution in [0, 0.1) is 5.82 Å². The number of carbonyl (C=O) groups is 2. The highest BCUT2D eigenvalue weighted by atomic mass is 35.5. The minimum absolute atomic E-state index is 0.100. The van der Waals surface area contributed by atoms with E-state index in [9.17, 15) is 14.0 Å². The second-order valence-electron chi connectivity index (χ2n) is 6.03. The van der Waals surface area contributed by atoms with Crippen LogP contribution in [0.2, 0.25) is 10.0 Å². The molecule has 1 heterocycles. The molecule has 0 aliphatic rings. The normalized spacial score (nSPS) is 10.9. The predicted molar refractivity (Wildman–Crippen MR) is 117 cm³/mol. The van der Waals surface area contributed by atoms with Crippen molar-refractivity contribution in [3.8, 4) is 0 Å². The Labute approximate surface area is 186 Å². The van der Waals surface area contributed by atoms with E-state index in [1.807, 2.05) is 0 Å². The van der Waals surface area contributed by atoms with E-state index in [1.54, 1.807) is 29.6 Å². The quantitative estimate of drug-likeness (QED) is 0.330. The number of rotatable bonds is 6. The zero-order valence-corrected chi connectivity index (χ0v) is 18.0. The molecule has 1 amide bonds. The lowest BCUT2D eigenvalue weighted by Gasteiger charge is -2.18. The van der Waals surface area contributed by atoms with Gasteiger partial charge in [0, 0.05) is 28.4 Å². The van der Waals surface area contributed by atoms with Gasteiger partial charge in [0.25, 0.3) is 0 Å². The number of nitrogens with zero attached hydrogens (tertiary/aromatic N) is 2. The number of anilines is 2. The van der Waals surface area contributed by atoms with Crippen molar-refractivity contribution >= 4 is 63.3 Å². The second kappa shape index (κ2) is 9.84. The van der Waals surface area contributed by atoms with Gasteiger partial charge in [0.15, 0.2) is 5.13 Å². The summed E-state index contributed by atoms with van der Waals surface area (Å²) in [7, 11) is 0. The Kier molecular flexibility index (Phi) is 7.20. The molecular weight excluding hydrogens is 450 g/mol. The summed E-state index contributed by atoms with van der Waals surface area (Å²) in [6.45, 7) is 1.22. The van der Waals surface area contributed by atoms with E-state index >= 15 is 0 Å². The van der Waals surface area contributed by atoms with Gasteiger partial charge in [-0.1, -0.05) is 41.4 Å². The second-order valence-corrected chi connectivity index (χ2v) is 7.71. The number of para-hydroxylation sites is 1. The standard InChI is InChI=1S/C21H15Cl2FN2O3S/c1-13(27)26(19-5-3-2-4-18(19)24)21-25-16(12-30-21)11-29-20(28)9-7-14-6-8-15(22)10-17(14)23/h2-10,12H,11H2,1H3/b9-7+. The minimum Gasteiger partial charge on any atom is -0.456 e. The number of ether oxygens (including phenoxy) is 1. The largest absolute Gasteiger partial charge is 0.456 e. The zero-order chi connectivity index (χ0) is 21.7. The molecule has 0 saturated carbocycles. The molecule has 9 heteroatoms. The molecule has 2 aromatic carbocycles. The first-order valence-corrected chi connectivity index (χ1v) is 10.3. The van der Waals surface area contributed by atoms with Crippen LogP contribution in [0.1, 0.15) is 18.2 Å². The van der Waals surface area contributed by atoms with Gasteiger partial charge in [-0.05, 0) is 35.9 Å². The smallest absolute Gasteiger partial charge is 0.331 e. The third kappa shape index (κ3) is 5.44. The van der Waals surface area contributed by atoms with Crippen LogP contribution in [0.15, 0.2) is 53.9 Å². The van der Waals surface area contributed by atoms with Gasteiger partial charge in [0.1, 0.15) is 12.4 Å². The molecule has 0 spiro atoms. The molecule has 0 unspecified atom stereocenters. The third-order valence-electron chi connectivity index (χ3n) is 3.86. The summed E-state index contributed by atoms with van der Waals surface area (Å²) in [5.74, 6) is -1.52. The van der Waals surface area contributed by atoms with Crippen molar-refractivity contribution in [3.63, 3.8) is 0 Å². The summed E-state index contributed by atoms with van der Waals surface area (Å²) in [6.07, 6.45) is 2.76. The van der Waals surface area contributed by atoms with Crippen LogP contribution >= 0.6 is 34.5 Å². The van der Waals surface area contributed by atoms with Crippen molar-refractivity contribution < 1.29 is 18.7 Å². The fourth-order valence-corrected chi connectivity index (χ4v) is 3.83. The van der Waals surface area contributed by atoms with E-state index in [0.717, 1.165) is 11.3 Å². The Morgan fingerprint density at radius 3 is 2.70 bits per heavy atom. The Hall–Kier alpha value is -2.74. The molecule has 0 bridgehead atoms. The Bertz CT molecular complexity index is 1120. The van der Waals surface area contributed by atoms with Crippen LogP contribution in [0.5, 0.6) is 0 Å². The van der Waals surface area contributed by atoms with Crippen LogP contribution in [-0.2, 0) is 20.9 Å². The summed E-state index contributed by atoms with van der Waals surface area (Å²) in [6, 6.07) is 10.8. The number of benzene rings is 2. The Balaban J connectivity index is 1.66. The molecule has 3 rings (SSSR count). The predicted octanol–water partition coefficient (Wildman–Crippen LogP) is 6.03. The van der Waals surface area contributed by atoms with Crippen molar-refractivity contribution in [1.29, 1.82) is 0 Å². The topological polar surface area (TPSA) is 59.5 Å². The molecule has 0 radical (unpaired) electrons. The SMILES string of the molecule is CC(=O)N(c1nc(COC(=O)/C=C/c2ccc(Cl)cc2Cl)cs1)c1ccccc1F. The van der Waals surface area contributed by atoms with E-state index in [1.165, 1.54) is 42.2 Å². The average Bonchev–Trinajstić information content (AvgIpc) is 3.15. The molecule has 154 valence electrons. The van der Waals surface area contributed by atoms with Gasteiger partial charge in [0.05, 0.1) is 11.4 Å². The van der Waals surface area contributed by atoms with Crippen molar-refractivity contribution in [2.24, 2.45) is 0 Å². The van der Waals surface area contributed by atoms with Gasteiger partial charge in [-0.25, -0.2) is 14.2 Å². The highest BCUT2D eigenvalue weighted by Crippen LogP contribution is 2.31. The fourth-order valence-electron chi connectivity index (χ4n) is 2.49. The fraction of sp³-hybridized carbons (Fsp3) is 0.0952. The van der Waals surface area contributed by atoms with Crippen molar-refractivity contribution in [3.05, 3.63) is 81.0 Å². The minimum atomic E-state index is -0.590. The summed E-state index contributed by atoms with van der Waals surface area (Å²) >= 11 is 13.0. The first kappa shape index (κ1) is 22.0. The number of carbonyl (C=O) groups excluding carboxylic acids is 2. The molecule has 0 aliphatic carbocycles. The number of hydrogen-bond donors (Lipinski definition) is 0. The summed E-state index contributed by atoms with van der Waals surface area (Å²) < 4.78 is 19.3. The lowest BCUT2D eigenvalue weighted by molar-refractivity contribution is -0.139. The molecule has 0 atom stereocenters. The number of halogens is 3. The number of esters is 1. The molecule has 0 N–H and O–H groups in total. The number of aromatic nitrogens is 1. The highest BCUT2D eigenvalue weighted by Gasteiger charge is 2.21. The first-order chi connectivity index (χ1) is 14.3. The van der Waals surface area contributed by atoms with Crippen LogP contribution in [0.4, 0.5) is 15.2 Å². The maximum atomic E-state index is 14.1. The van der Waals surface area contributed by atoms with Crippen LogP contribution in [-0.4, -0.2) is 16.9 Å². The molecule has 0 aliphatic heterocycles. The van der Waals surface area contributed by atoms with Gasteiger partial charge >= 0.3 is 5.97 Å². The third-order valence-corrected chi connectivity index (χ3v) is 5.30. The molecule has 5 nitrogen and oxygen atoms in total.